The van der Waals surface area contributed by atoms with Crippen molar-refractivity contribution in [1.29, 1.82) is 0 Å². The lowest BCUT2D eigenvalue weighted by atomic mass is 9.96. The molecule has 0 radical (unpaired) electrons. The monoisotopic (exact) mass is 330 g/mol. The molecule has 128 valence electrons. The van der Waals surface area contributed by atoms with E-state index in [1.165, 1.54) is 0 Å². The van der Waals surface area contributed by atoms with E-state index in [-0.39, 0.29) is 35.3 Å². The fourth-order valence-electron chi connectivity index (χ4n) is 2.37. The molecule has 0 aromatic carbocycles. The van der Waals surface area contributed by atoms with Gasteiger partial charge in [-0.25, -0.2) is 0 Å². The van der Waals surface area contributed by atoms with Gasteiger partial charge in [-0.3, -0.25) is 9.59 Å². The van der Waals surface area contributed by atoms with Crippen molar-refractivity contribution in [2.24, 2.45) is 5.92 Å². The maximum Gasteiger partial charge on any atom is 0.248 e. The highest BCUT2D eigenvalue weighted by atomic mass is 32.2. The van der Waals surface area contributed by atoms with Gasteiger partial charge in [-0.1, -0.05) is 6.92 Å². The Morgan fingerprint density at radius 1 is 1.32 bits per heavy atom. The summed E-state index contributed by atoms with van der Waals surface area (Å²) < 4.78 is 5.52. The molecule has 1 saturated heterocycles. The lowest BCUT2D eigenvalue weighted by Gasteiger charge is -2.32. The normalized spacial score (nSPS) is 18.1. The minimum atomic E-state index is -0.305. The van der Waals surface area contributed by atoms with Crippen molar-refractivity contribution < 1.29 is 14.3 Å². The summed E-state index contributed by atoms with van der Waals surface area (Å²) in [6.45, 7) is 11.3. The van der Waals surface area contributed by atoms with Crippen LogP contribution in [-0.4, -0.2) is 53.1 Å². The van der Waals surface area contributed by atoms with Crippen LogP contribution in [0.3, 0.4) is 0 Å². The Hall–Kier alpha value is -0.750. The van der Waals surface area contributed by atoms with Gasteiger partial charge in [0, 0.05) is 19.0 Å². The lowest BCUT2D eigenvalue weighted by Crippen LogP contribution is -2.45. The zero-order chi connectivity index (χ0) is 16.8. The van der Waals surface area contributed by atoms with E-state index in [1.54, 1.807) is 16.7 Å². The van der Waals surface area contributed by atoms with Crippen molar-refractivity contribution >= 4 is 23.6 Å². The molecular weight excluding hydrogens is 300 g/mol. The molecule has 1 fully saturated rings. The fourth-order valence-corrected chi connectivity index (χ4v) is 3.07. The molecule has 1 atom stereocenters. The zero-order valence-corrected chi connectivity index (χ0v) is 15.3. The summed E-state index contributed by atoms with van der Waals surface area (Å²) >= 11 is 1.72. The van der Waals surface area contributed by atoms with Gasteiger partial charge < -0.3 is 15.0 Å². The highest BCUT2D eigenvalue weighted by Crippen LogP contribution is 2.19. The van der Waals surface area contributed by atoms with E-state index in [1.807, 2.05) is 27.7 Å². The van der Waals surface area contributed by atoms with Crippen LogP contribution in [0, 0.1) is 5.92 Å². The molecule has 1 N–H and O–H groups in total. The average Bonchev–Trinajstić information content (AvgIpc) is 2.44. The summed E-state index contributed by atoms with van der Waals surface area (Å²) in [7, 11) is 0. The summed E-state index contributed by atoms with van der Waals surface area (Å²) in [5.74, 6) is 1.14. The SMILES string of the molecule is CCSC(C)NC(=O)C1CCN(C(=O)COC(C)(C)C)CC1. The average molecular weight is 330 g/mol. The number of ether oxygens (including phenoxy) is 1. The molecule has 1 rings (SSSR count). The maximum absolute atomic E-state index is 12.2. The van der Waals surface area contributed by atoms with Crippen molar-refractivity contribution in [2.75, 3.05) is 25.4 Å². The molecule has 5 nitrogen and oxygen atoms in total. The van der Waals surface area contributed by atoms with Crippen molar-refractivity contribution in [3.63, 3.8) is 0 Å². The van der Waals surface area contributed by atoms with E-state index in [2.05, 4.69) is 12.2 Å². The first-order valence-electron chi connectivity index (χ1n) is 8.06. The van der Waals surface area contributed by atoms with Gasteiger partial charge >= 0.3 is 0 Å². The van der Waals surface area contributed by atoms with Crippen molar-refractivity contribution in [1.82, 2.24) is 10.2 Å². The van der Waals surface area contributed by atoms with Gasteiger partial charge in [0.05, 0.1) is 11.0 Å². The summed E-state index contributed by atoms with van der Waals surface area (Å²) in [6.07, 6.45) is 1.47. The third-order valence-corrected chi connectivity index (χ3v) is 4.56. The fraction of sp³-hybridized carbons (Fsp3) is 0.875. The number of nitrogens with zero attached hydrogens (tertiary/aromatic N) is 1. The minimum Gasteiger partial charge on any atom is -0.366 e. The Bertz CT molecular complexity index is 374. The van der Waals surface area contributed by atoms with Crippen molar-refractivity contribution in [3.8, 4) is 0 Å². The summed E-state index contributed by atoms with van der Waals surface area (Å²) in [4.78, 5) is 26.1. The summed E-state index contributed by atoms with van der Waals surface area (Å²) in [6, 6.07) is 0. The number of rotatable bonds is 6. The second-order valence-electron chi connectivity index (χ2n) is 6.66. The molecule has 22 heavy (non-hydrogen) atoms. The number of piperidine rings is 1. The number of nitrogens with one attached hydrogen (secondary N) is 1. The van der Waals surface area contributed by atoms with Gasteiger partial charge in [0.2, 0.25) is 11.8 Å². The number of thioether (sulfide) groups is 1. The number of amides is 2. The third-order valence-electron chi connectivity index (χ3n) is 3.61. The quantitative estimate of drug-likeness (QED) is 0.759. The molecule has 0 saturated carbocycles. The van der Waals surface area contributed by atoms with Crippen LogP contribution in [0.5, 0.6) is 0 Å². The number of hydrogen-bond donors (Lipinski definition) is 1. The maximum atomic E-state index is 12.2. The van der Waals surface area contributed by atoms with Crippen LogP contribution in [0.2, 0.25) is 0 Å². The molecule has 0 spiro atoms. The Kier molecular flexibility index (Phi) is 7.69. The number of carbonyl (C=O) groups is 2. The Labute approximate surface area is 138 Å². The van der Waals surface area contributed by atoms with Gasteiger partial charge in [0.1, 0.15) is 6.61 Å². The van der Waals surface area contributed by atoms with E-state index in [4.69, 9.17) is 4.74 Å². The Morgan fingerprint density at radius 2 is 1.91 bits per heavy atom. The second kappa shape index (κ2) is 8.77. The first-order chi connectivity index (χ1) is 10.2. The predicted molar refractivity (Wildman–Crippen MR) is 90.7 cm³/mol. The van der Waals surface area contributed by atoms with Crippen LogP contribution in [-0.2, 0) is 14.3 Å². The molecule has 1 heterocycles. The Morgan fingerprint density at radius 3 is 2.41 bits per heavy atom. The highest BCUT2D eigenvalue weighted by Gasteiger charge is 2.28. The lowest BCUT2D eigenvalue weighted by molar-refractivity contribution is -0.143. The summed E-state index contributed by atoms with van der Waals surface area (Å²) in [5.41, 5.74) is -0.305. The van der Waals surface area contributed by atoms with Gasteiger partial charge in [0.15, 0.2) is 0 Å². The molecule has 1 unspecified atom stereocenters. The molecule has 1 aliphatic rings. The first-order valence-corrected chi connectivity index (χ1v) is 9.11. The van der Waals surface area contributed by atoms with Crippen LogP contribution < -0.4 is 5.32 Å². The number of carbonyl (C=O) groups excluding carboxylic acids is 2. The van der Waals surface area contributed by atoms with Crippen LogP contribution in [0.1, 0.15) is 47.5 Å². The van der Waals surface area contributed by atoms with Gasteiger partial charge in [-0.15, -0.1) is 11.8 Å². The van der Waals surface area contributed by atoms with E-state index >= 15 is 0 Å². The second-order valence-corrected chi connectivity index (χ2v) is 8.28. The molecular formula is C16H30N2O3S. The summed E-state index contributed by atoms with van der Waals surface area (Å²) in [5, 5.41) is 3.19. The van der Waals surface area contributed by atoms with Crippen LogP contribution in [0.15, 0.2) is 0 Å². The van der Waals surface area contributed by atoms with Gasteiger partial charge in [0.25, 0.3) is 0 Å². The topological polar surface area (TPSA) is 58.6 Å². The predicted octanol–water partition coefficient (Wildman–Crippen LogP) is 2.26. The van der Waals surface area contributed by atoms with Gasteiger partial charge in [-0.2, -0.15) is 0 Å². The van der Waals surface area contributed by atoms with Crippen LogP contribution in [0.4, 0.5) is 0 Å². The van der Waals surface area contributed by atoms with E-state index in [0.717, 1.165) is 18.6 Å². The van der Waals surface area contributed by atoms with Crippen molar-refractivity contribution in [2.45, 2.75) is 58.4 Å². The van der Waals surface area contributed by atoms with Crippen molar-refractivity contribution in [3.05, 3.63) is 0 Å². The highest BCUT2D eigenvalue weighted by molar-refractivity contribution is 7.99. The van der Waals surface area contributed by atoms with E-state index in [9.17, 15) is 9.59 Å². The van der Waals surface area contributed by atoms with Crippen LogP contribution in [0.25, 0.3) is 0 Å². The van der Waals surface area contributed by atoms with Crippen LogP contribution >= 0.6 is 11.8 Å². The van der Waals surface area contributed by atoms with E-state index in [0.29, 0.717) is 13.1 Å². The molecule has 0 aliphatic carbocycles. The molecule has 6 heteroatoms. The number of hydrogen-bond acceptors (Lipinski definition) is 4. The minimum absolute atomic E-state index is 0.0173. The Balaban J connectivity index is 2.33. The largest absolute Gasteiger partial charge is 0.366 e. The third kappa shape index (κ3) is 7.01. The molecule has 2 amide bonds. The molecule has 0 aromatic heterocycles. The molecule has 0 aromatic rings. The standard InChI is InChI=1S/C16H30N2O3S/c1-6-22-12(2)17-15(20)13-7-9-18(10-8-13)14(19)11-21-16(3,4)5/h12-13H,6-11H2,1-5H3,(H,17,20). The first kappa shape index (κ1) is 19.3. The number of likely N-dealkylation sites (tertiary alicyclic amines) is 1. The zero-order valence-electron chi connectivity index (χ0n) is 14.5. The molecule has 0 bridgehead atoms. The van der Waals surface area contributed by atoms with E-state index < -0.39 is 0 Å². The smallest absolute Gasteiger partial charge is 0.248 e. The van der Waals surface area contributed by atoms with Gasteiger partial charge in [-0.05, 0) is 46.3 Å². The molecule has 1 aliphatic heterocycles.